The number of esters is 1. The zero-order valence-electron chi connectivity index (χ0n) is 6.80. The minimum atomic E-state index is -1.18. The summed E-state index contributed by atoms with van der Waals surface area (Å²) in [5, 5.41) is 15.5. The first-order chi connectivity index (χ1) is 6.68. The molecule has 0 amide bonds. The van der Waals surface area contributed by atoms with Crippen LogP contribution in [0.4, 0.5) is 0 Å². The van der Waals surface area contributed by atoms with E-state index in [2.05, 4.69) is 14.9 Å². The van der Waals surface area contributed by atoms with Crippen molar-refractivity contribution in [3.8, 4) is 0 Å². The predicted octanol–water partition coefficient (Wildman–Crippen LogP) is 0.0725. The highest BCUT2D eigenvalue weighted by Crippen LogP contribution is 2.26. The first kappa shape index (κ1) is 8.36. The maximum atomic E-state index is 11.1. The minimum Gasteiger partial charge on any atom is -0.478 e. The highest BCUT2D eigenvalue weighted by Gasteiger charge is 2.28. The molecule has 0 saturated heterocycles. The van der Waals surface area contributed by atoms with Gasteiger partial charge in [0.2, 0.25) is 0 Å². The molecule has 2 rings (SSSR count). The normalized spacial score (nSPS) is 16.6. The maximum absolute atomic E-state index is 11.1. The number of hydrogen-bond acceptors (Lipinski definition) is 5. The Labute approximate surface area is 77.8 Å². The van der Waals surface area contributed by atoms with Crippen molar-refractivity contribution in [2.24, 2.45) is 0 Å². The van der Waals surface area contributed by atoms with Gasteiger partial charge in [-0.15, -0.1) is 5.10 Å². The summed E-state index contributed by atoms with van der Waals surface area (Å²) in [5.41, 5.74) is 0.396. The molecular weight excluding hydrogens is 188 g/mol. The molecule has 0 atom stereocenters. The average molecular weight is 192 g/mol. The monoisotopic (exact) mass is 192 g/mol. The fourth-order valence-electron chi connectivity index (χ4n) is 1.10. The average Bonchev–Trinajstić information content (AvgIpc) is 2.44. The first-order valence-corrected chi connectivity index (χ1v) is 3.67. The molecule has 0 aromatic carbocycles. The van der Waals surface area contributed by atoms with E-state index >= 15 is 0 Å². The van der Waals surface area contributed by atoms with Crippen LogP contribution in [0.1, 0.15) is 16.1 Å². The van der Waals surface area contributed by atoms with Gasteiger partial charge in [-0.25, -0.2) is 9.59 Å². The molecule has 2 heterocycles. The summed E-state index contributed by atoms with van der Waals surface area (Å²) in [6.07, 6.45) is 2.17. The first-order valence-electron chi connectivity index (χ1n) is 3.67. The van der Waals surface area contributed by atoms with Crippen molar-refractivity contribution in [2.45, 2.75) is 0 Å². The lowest BCUT2D eigenvalue weighted by atomic mass is 10.2. The number of fused-ring (bicyclic) bond motifs is 1. The van der Waals surface area contributed by atoms with Gasteiger partial charge >= 0.3 is 11.9 Å². The van der Waals surface area contributed by atoms with E-state index in [1.165, 1.54) is 12.3 Å². The number of nitrogens with zero attached hydrogens (tertiary/aromatic N) is 2. The molecule has 0 fully saturated rings. The largest absolute Gasteiger partial charge is 0.478 e. The Morgan fingerprint density at radius 1 is 1.57 bits per heavy atom. The molecule has 1 aliphatic rings. The number of carbonyl (C=O) groups excluding carboxylic acids is 1. The summed E-state index contributed by atoms with van der Waals surface area (Å²) in [7, 11) is 0. The fourth-order valence-corrected chi connectivity index (χ4v) is 1.10. The lowest BCUT2D eigenvalue weighted by molar-refractivity contribution is -0.131. The van der Waals surface area contributed by atoms with Crippen LogP contribution in [-0.4, -0.2) is 27.2 Å². The van der Waals surface area contributed by atoms with Gasteiger partial charge < -0.3 is 9.84 Å². The van der Waals surface area contributed by atoms with E-state index in [0.29, 0.717) is 5.56 Å². The van der Waals surface area contributed by atoms with Gasteiger partial charge in [0, 0.05) is 0 Å². The second kappa shape index (κ2) is 2.91. The third kappa shape index (κ3) is 1.22. The molecule has 1 aromatic heterocycles. The summed E-state index contributed by atoms with van der Waals surface area (Å²) >= 11 is 0. The maximum Gasteiger partial charge on any atom is 0.365 e. The topological polar surface area (TPSA) is 89.4 Å². The van der Waals surface area contributed by atoms with Crippen LogP contribution < -0.4 is 0 Å². The number of cyclic esters (lactones) is 1. The zero-order chi connectivity index (χ0) is 10.1. The lowest BCUT2D eigenvalue weighted by Crippen LogP contribution is -1.98. The number of hydrogen-bond donors (Lipinski definition) is 1. The number of rotatable bonds is 1. The Morgan fingerprint density at radius 3 is 3.07 bits per heavy atom. The Bertz CT molecular complexity index is 452. The van der Waals surface area contributed by atoms with Crippen molar-refractivity contribution < 1.29 is 19.4 Å². The summed E-state index contributed by atoms with van der Waals surface area (Å²) in [5.74, 6) is -1.87. The molecule has 14 heavy (non-hydrogen) atoms. The standard InChI is InChI=1S/C8H4N2O4/c11-6(12)3-5-4-1-2-9-10-7(4)8(13)14-5/h1-3H,(H,11,12)/b5-3-. The van der Waals surface area contributed by atoms with Crippen LogP contribution in [-0.2, 0) is 9.53 Å². The third-order valence-electron chi connectivity index (χ3n) is 1.64. The Kier molecular flexibility index (Phi) is 1.74. The van der Waals surface area contributed by atoms with Gasteiger partial charge in [0.1, 0.15) is 5.76 Å². The van der Waals surface area contributed by atoms with Gasteiger partial charge in [-0.3, -0.25) is 0 Å². The van der Waals surface area contributed by atoms with Gasteiger partial charge in [0.25, 0.3) is 0 Å². The molecule has 0 aliphatic carbocycles. The van der Waals surface area contributed by atoms with Crippen LogP contribution in [0, 0.1) is 0 Å². The van der Waals surface area contributed by atoms with E-state index in [-0.39, 0.29) is 11.5 Å². The van der Waals surface area contributed by atoms with E-state index in [1.807, 2.05) is 0 Å². The highest BCUT2D eigenvalue weighted by molar-refractivity contribution is 6.04. The molecule has 0 unspecified atom stereocenters. The Hall–Kier alpha value is -2.24. The molecule has 6 heteroatoms. The summed E-state index contributed by atoms with van der Waals surface area (Å²) in [4.78, 5) is 21.5. The quantitative estimate of drug-likeness (QED) is 0.500. The number of ether oxygens (including phenoxy) is 1. The summed E-state index contributed by atoms with van der Waals surface area (Å²) < 4.78 is 4.68. The zero-order valence-corrected chi connectivity index (χ0v) is 6.80. The second-order valence-electron chi connectivity index (χ2n) is 2.53. The predicted molar refractivity (Wildman–Crippen MR) is 43.1 cm³/mol. The van der Waals surface area contributed by atoms with E-state index in [1.54, 1.807) is 0 Å². The van der Waals surface area contributed by atoms with E-state index in [4.69, 9.17) is 5.11 Å². The second-order valence-corrected chi connectivity index (χ2v) is 2.53. The van der Waals surface area contributed by atoms with E-state index in [0.717, 1.165) is 6.08 Å². The van der Waals surface area contributed by atoms with Crippen LogP contribution in [0.2, 0.25) is 0 Å². The van der Waals surface area contributed by atoms with Crippen LogP contribution in [0.5, 0.6) is 0 Å². The van der Waals surface area contributed by atoms with Crippen LogP contribution in [0.15, 0.2) is 18.3 Å². The summed E-state index contributed by atoms with van der Waals surface area (Å²) in [6.45, 7) is 0. The smallest absolute Gasteiger partial charge is 0.365 e. The number of carboxylic acid groups (broad SMARTS) is 1. The van der Waals surface area contributed by atoms with Crippen LogP contribution in [0.3, 0.4) is 0 Å². The van der Waals surface area contributed by atoms with Crippen molar-refractivity contribution >= 4 is 17.7 Å². The van der Waals surface area contributed by atoms with Crippen LogP contribution in [0.25, 0.3) is 5.76 Å². The van der Waals surface area contributed by atoms with Gasteiger partial charge in [-0.1, -0.05) is 0 Å². The molecule has 70 valence electrons. The molecule has 0 spiro atoms. The molecular formula is C8H4N2O4. The molecule has 0 radical (unpaired) electrons. The van der Waals surface area contributed by atoms with Crippen molar-refractivity contribution in [1.82, 2.24) is 10.2 Å². The van der Waals surface area contributed by atoms with E-state index < -0.39 is 11.9 Å². The molecule has 6 nitrogen and oxygen atoms in total. The third-order valence-corrected chi connectivity index (χ3v) is 1.64. The highest BCUT2D eigenvalue weighted by atomic mass is 16.5. The summed E-state index contributed by atoms with van der Waals surface area (Å²) in [6, 6.07) is 1.47. The van der Waals surface area contributed by atoms with Crippen molar-refractivity contribution in [2.75, 3.05) is 0 Å². The number of carboxylic acids is 1. The number of aliphatic carboxylic acids is 1. The van der Waals surface area contributed by atoms with Gasteiger partial charge in [-0.2, -0.15) is 5.10 Å². The Morgan fingerprint density at radius 2 is 2.36 bits per heavy atom. The SMILES string of the molecule is O=C(O)/C=C1\OC(=O)c2nnccc21. The molecule has 1 aliphatic heterocycles. The van der Waals surface area contributed by atoms with Crippen LogP contribution >= 0.6 is 0 Å². The van der Waals surface area contributed by atoms with Crippen molar-refractivity contribution in [3.63, 3.8) is 0 Å². The van der Waals surface area contributed by atoms with Gasteiger partial charge in [0.15, 0.2) is 5.69 Å². The number of carbonyl (C=O) groups is 2. The van der Waals surface area contributed by atoms with E-state index in [9.17, 15) is 9.59 Å². The lowest BCUT2D eigenvalue weighted by Gasteiger charge is -1.93. The molecule has 0 bridgehead atoms. The van der Waals surface area contributed by atoms with Crippen molar-refractivity contribution in [3.05, 3.63) is 29.6 Å². The van der Waals surface area contributed by atoms with Gasteiger partial charge in [0.05, 0.1) is 17.8 Å². The van der Waals surface area contributed by atoms with Crippen molar-refractivity contribution in [1.29, 1.82) is 0 Å². The molecule has 0 saturated carbocycles. The minimum absolute atomic E-state index is 0.00704. The molecule has 1 N–H and O–H groups in total. The molecule has 1 aromatic rings. The van der Waals surface area contributed by atoms with Gasteiger partial charge in [-0.05, 0) is 6.07 Å². The Balaban J connectivity index is 2.54. The fraction of sp³-hybridized carbons (Fsp3) is 0. The number of aromatic nitrogens is 2.